The zero-order valence-corrected chi connectivity index (χ0v) is 13.7. The monoisotopic (exact) mass is 312 g/mol. The molecular formula is C15H21ClN2O3. The molecule has 6 heteroatoms. The Morgan fingerprint density at radius 2 is 1.95 bits per heavy atom. The van der Waals surface area contributed by atoms with Gasteiger partial charge in [-0.25, -0.2) is 9.78 Å². The number of hydrogen-bond donors (Lipinski definition) is 1. The van der Waals surface area contributed by atoms with Crippen LogP contribution in [0.4, 0.5) is 0 Å². The van der Waals surface area contributed by atoms with E-state index in [9.17, 15) is 9.59 Å². The third-order valence-corrected chi connectivity index (χ3v) is 2.81. The Morgan fingerprint density at radius 3 is 2.43 bits per heavy atom. The van der Waals surface area contributed by atoms with Crippen LogP contribution in [0.25, 0.3) is 0 Å². The third kappa shape index (κ3) is 5.71. The van der Waals surface area contributed by atoms with Crippen molar-refractivity contribution in [2.24, 2.45) is 5.92 Å². The lowest BCUT2D eigenvalue weighted by molar-refractivity contribution is -0.158. The summed E-state index contributed by atoms with van der Waals surface area (Å²) in [6.07, 6.45) is 1.44. The fourth-order valence-corrected chi connectivity index (χ4v) is 1.81. The van der Waals surface area contributed by atoms with Crippen LogP contribution in [0.15, 0.2) is 18.3 Å². The number of ether oxygens (including phenoxy) is 1. The minimum absolute atomic E-state index is 0.0962. The summed E-state index contributed by atoms with van der Waals surface area (Å²) in [6.45, 7) is 9.04. The van der Waals surface area contributed by atoms with Crippen molar-refractivity contribution in [3.8, 4) is 0 Å². The van der Waals surface area contributed by atoms with Crippen molar-refractivity contribution < 1.29 is 14.3 Å². The molecule has 1 heterocycles. The largest absolute Gasteiger partial charge is 0.458 e. The molecule has 0 saturated carbocycles. The van der Waals surface area contributed by atoms with Gasteiger partial charge in [-0.2, -0.15) is 0 Å². The molecule has 1 rings (SSSR count). The van der Waals surface area contributed by atoms with Crippen molar-refractivity contribution in [3.05, 3.63) is 29.0 Å². The van der Waals surface area contributed by atoms with Crippen LogP contribution >= 0.6 is 11.6 Å². The van der Waals surface area contributed by atoms with Crippen LogP contribution in [0.1, 0.15) is 45.0 Å². The van der Waals surface area contributed by atoms with Gasteiger partial charge < -0.3 is 10.1 Å². The molecule has 1 atom stereocenters. The number of carbonyl (C=O) groups is 2. The van der Waals surface area contributed by atoms with E-state index in [1.54, 1.807) is 20.8 Å². The van der Waals surface area contributed by atoms with E-state index in [4.69, 9.17) is 16.3 Å². The van der Waals surface area contributed by atoms with Gasteiger partial charge in [0, 0.05) is 11.8 Å². The molecule has 5 nitrogen and oxygen atoms in total. The lowest BCUT2D eigenvalue weighted by Gasteiger charge is -2.26. The summed E-state index contributed by atoms with van der Waals surface area (Å²) in [4.78, 5) is 28.1. The smallest absolute Gasteiger partial charge is 0.329 e. The Kier molecular flexibility index (Phi) is 5.72. The number of aromatic nitrogens is 1. The first-order chi connectivity index (χ1) is 9.60. The molecule has 0 unspecified atom stereocenters. The molecule has 1 aromatic rings. The summed E-state index contributed by atoms with van der Waals surface area (Å²) in [7, 11) is 0. The minimum atomic E-state index is -0.719. The van der Waals surface area contributed by atoms with Crippen LogP contribution in [0.5, 0.6) is 0 Å². The zero-order chi connectivity index (χ0) is 16.2. The van der Waals surface area contributed by atoms with Gasteiger partial charge in [0.05, 0.1) is 0 Å². The number of halogens is 1. The number of esters is 1. The first kappa shape index (κ1) is 17.4. The molecule has 0 fully saturated rings. The average Bonchev–Trinajstić information content (AvgIpc) is 2.32. The van der Waals surface area contributed by atoms with Gasteiger partial charge in [-0.1, -0.05) is 25.4 Å². The predicted molar refractivity (Wildman–Crippen MR) is 81.2 cm³/mol. The molecule has 1 amide bonds. The highest BCUT2D eigenvalue weighted by atomic mass is 35.5. The second kappa shape index (κ2) is 6.89. The van der Waals surface area contributed by atoms with E-state index in [-0.39, 0.29) is 17.0 Å². The third-order valence-electron chi connectivity index (χ3n) is 2.60. The van der Waals surface area contributed by atoms with Gasteiger partial charge in [0.15, 0.2) is 0 Å². The van der Waals surface area contributed by atoms with Crippen LogP contribution < -0.4 is 5.32 Å². The Bertz CT molecular complexity index is 524. The highest BCUT2D eigenvalue weighted by molar-refractivity contribution is 6.29. The molecule has 0 saturated heterocycles. The lowest BCUT2D eigenvalue weighted by Crippen LogP contribution is -2.47. The summed E-state index contributed by atoms with van der Waals surface area (Å²) < 4.78 is 5.33. The molecule has 1 N–H and O–H groups in total. The summed E-state index contributed by atoms with van der Waals surface area (Å²) >= 11 is 5.75. The van der Waals surface area contributed by atoms with Gasteiger partial charge in [-0.3, -0.25) is 4.79 Å². The standard InChI is InChI=1S/C15H21ClN2O3/c1-9(2)12(14(20)21-15(3,4)5)18-13(19)10-6-7-17-11(16)8-10/h6-9,12H,1-5H3,(H,18,19)/t12-/m1/s1. The van der Waals surface area contributed by atoms with E-state index in [1.165, 1.54) is 18.3 Å². The van der Waals surface area contributed by atoms with Crippen molar-refractivity contribution in [1.82, 2.24) is 10.3 Å². The number of hydrogen-bond acceptors (Lipinski definition) is 4. The van der Waals surface area contributed by atoms with Crippen molar-refractivity contribution >= 4 is 23.5 Å². The average molecular weight is 313 g/mol. The lowest BCUT2D eigenvalue weighted by atomic mass is 10.0. The minimum Gasteiger partial charge on any atom is -0.458 e. The van der Waals surface area contributed by atoms with Gasteiger partial charge in [0.2, 0.25) is 0 Å². The van der Waals surface area contributed by atoms with E-state index in [1.807, 2.05) is 13.8 Å². The van der Waals surface area contributed by atoms with Crippen molar-refractivity contribution in [1.29, 1.82) is 0 Å². The molecule has 0 aromatic carbocycles. The van der Waals surface area contributed by atoms with Crippen molar-refractivity contribution in [2.45, 2.75) is 46.3 Å². The van der Waals surface area contributed by atoms with Gasteiger partial charge in [-0.05, 0) is 38.8 Å². The Labute approximate surface area is 130 Å². The normalized spacial score (nSPS) is 12.9. The van der Waals surface area contributed by atoms with E-state index in [0.717, 1.165) is 0 Å². The second-order valence-electron chi connectivity index (χ2n) is 6.10. The summed E-state index contributed by atoms with van der Waals surface area (Å²) in [5.74, 6) is -0.934. The molecule has 1 aromatic heterocycles. The van der Waals surface area contributed by atoms with Crippen LogP contribution in [0.2, 0.25) is 5.15 Å². The summed E-state index contributed by atoms with van der Waals surface area (Å²) in [6, 6.07) is 2.26. The van der Waals surface area contributed by atoms with E-state index < -0.39 is 17.6 Å². The second-order valence-corrected chi connectivity index (χ2v) is 6.48. The van der Waals surface area contributed by atoms with Gasteiger partial charge >= 0.3 is 5.97 Å². The van der Waals surface area contributed by atoms with Crippen molar-refractivity contribution in [2.75, 3.05) is 0 Å². The molecule has 21 heavy (non-hydrogen) atoms. The Morgan fingerprint density at radius 1 is 1.33 bits per heavy atom. The van der Waals surface area contributed by atoms with E-state index >= 15 is 0 Å². The van der Waals surface area contributed by atoms with Crippen LogP contribution in [-0.2, 0) is 9.53 Å². The van der Waals surface area contributed by atoms with Crippen molar-refractivity contribution in [3.63, 3.8) is 0 Å². The molecular weight excluding hydrogens is 292 g/mol. The maximum atomic E-state index is 12.2. The first-order valence-electron chi connectivity index (χ1n) is 6.75. The first-order valence-corrected chi connectivity index (χ1v) is 7.13. The van der Waals surface area contributed by atoms with Gasteiger partial charge in [-0.15, -0.1) is 0 Å². The molecule has 116 valence electrons. The number of pyridine rings is 1. The fourth-order valence-electron chi connectivity index (χ4n) is 1.63. The predicted octanol–water partition coefficient (Wildman–Crippen LogP) is 2.83. The maximum absolute atomic E-state index is 12.2. The highest BCUT2D eigenvalue weighted by Crippen LogP contribution is 2.13. The van der Waals surface area contributed by atoms with Gasteiger partial charge in [0.1, 0.15) is 16.8 Å². The molecule has 0 aliphatic heterocycles. The summed E-state index contributed by atoms with van der Waals surface area (Å²) in [5.41, 5.74) is -0.251. The SMILES string of the molecule is CC(C)[C@@H](NC(=O)c1ccnc(Cl)c1)C(=O)OC(C)(C)C. The molecule has 0 bridgehead atoms. The van der Waals surface area contributed by atoms with E-state index in [2.05, 4.69) is 10.3 Å². The van der Waals surface area contributed by atoms with Gasteiger partial charge in [0.25, 0.3) is 5.91 Å². The highest BCUT2D eigenvalue weighted by Gasteiger charge is 2.29. The topological polar surface area (TPSA) is 68.3 Å². The maximum Gasteiger partial charge on any atom is 0.329 e. The summed E-state index contributed by atoms with van der Waals surface area (Å²) in [5, 5.41) is 2.91. The van der Waals surface area contributed by atoms with Crippen LogP contribution in [-0.4, -0.2) is 28.5 Å². The molecule has 0 aliphatic carbocycles. The van der Waals surface area contributed by atoms with E-state index in [0.29, 0.717) is 5.56 Å². The Hall–Kier alpha value is -1.62. The molecule has 0 radical (unpaired) electrons. The van der Waals surface area contributed by atoms with Crippen LogP contribution in [0.3, 0.4) is 0 Å². The number of nitrogens with zero attached hydrogens (tertiary/aromatic N) is 1. The number of carbonyl (C=O) groups excluding carboxylic acids is 2. The zero-order valence-electron chi connectivity index (χ0n) is 12.9. The number of nitrogens with one attached hydrogen (secondary N) is 1. The Balaban J connectivity index is 2.84. The number of amides is 1. The van der Waals surface area contributed by atoms with Crippen LogP contribution in [0, 0.1) is 5.92 Å². The molecule has 0 aliphatic rings. The quantitative estimate of drug-likeness (QED) is 0.685. The fraction of sp³-hybridized carbons (Fsp3) is 0.533. The number of rotatable bonds is 4. The molecule has 0 spiro atoms.